The first-order valence-corrected chi connectivity index (χ1v) is 6.83. The van der Waals surface area contributed by atoms with Crippen LogP contribution in [-0.2, 0) is 0 Å². The summed E-state index contributed by atoms with van der Waals surface area (Å²) in [6.45, 7) is 0. The van der Waals surface area contributed by atoms with Gasteiger partial charge in [-0.25, -0.2) is 4.98 Å². The van der Waals surface area contributed by atoms with Crippen molar-refractivity contribution in [3.05, 3.63) is 59.1 Å². The second kappa shape index (κ2) is 4.21. The largest absolute Gasteiger partial charge is 0.283 e. The molecule has 0 aliphatic rings. The van der Waals surface area contributed by atoms with E-state index in [-0.39, 0.29) is 5.56 Å². The van der Waals surface area contributed by atoms with Crippen molar-refractivity contribution in [2.75, 3.05) is 0 Å². The summed E-state index contributed by atoms with van der Waals surface area (Å²) in [6, 6.07) is 11.0. The second-order valence-corrected chi connectivity index (χ2v) is 5.23. The third kappa shape index (κ3) is 1.62. The van der Waals surface area contributed by atoms with Crippen molar-refractivity contribution in [1.29, 1.82) is 0 Å². The Morgan fingerprint density at radius 3 is 2.85 bits per heavy atom. The number of nitrogens with zero attached hydrogens (tertiary/aromatic N) is 4. The topological polar surface area (TPSA) is 60.2 Å². The molecule has 4 aromatic rings. The van der Waals surface area contributed by atoms with E-state index in [9.17, 15) is 4.79 Å². The van der Waals surface area contributed by atoms with Crippen LogP contribution in [0.5, 0.6) is 0 Å². The Hall–Kier alpha value is -2.60. The Morgan fingerprint density at radius 2 is 2.00 bits per heavy atom. The van der Waals surface area contributed by atoms with Gasteiger partial charge >= 0.3 is 0 Å². The van der Waals surface area contributed by atoms with Crippen LogP contribution in [-0.4, -0.2) is 19.6 Å². The Bertz CT molecular complexity index is 975. The van der Waals surface area contributed by atoms with Crippen LogP contribution in [0.3, 0.4) is 0 Å². The van der Waals surface area contributed by atoms with E-state index in [0.29, 0.717) is 15.9 Å². The average Bonchev–Trinajstić information content (AvgIpc) is 2.93. The van der Waals surface area contributed by atoms with Gasteiger partial charge in [0.15, 0.2) is 0 Å². The van der Waals surface area contributed by atoms with E-state index in [1.165, 1.54) is 15.9 Å². The highest BCUT2D eigenvalue weighted by Gasteiger charge is 2.11. The van der Waals surface area contributed by atoms with Crippen LogP contribution >= 0.6 is 11.3 Å². The van der Waals surface area contributed by atoms with Gasteiger partial charge in [0.25, 0.3) is 5.56 Å². The summed E-state index contributed by atoms with van der Waals surface area (Å²) in [5.41, 5.74) is 1.43. The van der Waals surface area contributed by atoms with Crippen molar-refractivity contribution in [2.24, 2.45) is 0 Å². The Morgan fingerprint density at radius 1 is 1.10 bits per heavy atom. The molecule has 0 spiro atoms. The molecule has 0 amide bonds. The molecular weight excluding hydrogens is 272 g/mol. The molecule has 0 N–H and O–H groups in total. The number of rotatable bonds is 1. The molecule has 1 aromatic carbocycles. The minimum absolute atomic E-state index is 0.142. The number of para-hydroxylation sites is 1. The zero-order valence-electron chi connectivity index (χ0n) is 10.2. The van der Waals surface area contributed by atoms with E-state index in [2.05, 4.69) is 15.1 Å². The standard InChI is InChI=1S/C14H8N4OS/c19-13-10-5-1-2-6-11(10)16-14-18(13)17-12(20-14)9-4-3-7-15-8-9/h1-8H. The van der Waals surface area contributed by atoms with Crippen LogP contribution in [0, 0.1) is 0 Å². The Balaban J connectivity index is 2.07. The predicted molar refractivity (Wildman–Crippen MR) is 77.9 cm³/mol. The summed E-state index contributed by atoms with van der Waals surface area (Å²) in [5, 5.41) is 5.66. The van der Waals surface area contributed by atoms with E-state index in [4.69, 9.17) is 0 Å². The monoisotopic (exact) mass is 280 g/mol. The maximum Gasteiger partial charge on any atom is 0.283 e. The number of hydrogen-bond donors (Lipinski definition) is 0. The van der Waals surface area contributed by atoms with E-state index in [1.807, 2.05) is 30.3 Å². The van der Waals surface area contributed by atoms with E-state index >= 15 is 0 Å². The maximum atomic E-state index is 12.4. The van der Waals surface area contributed by atoms with Crippen molar-refractivity contribution in [1.82, 2.24) is 19.6 Å². The molecule has 0 unspecified atom stereocenters. The molecule has 4 rings (SSSR count). The van der Waals surface area contributed by atoms with Crippen LogP contribution < -0.4 is 5.56 Å². The van der Waals surface area contributed by atoms with Crippen LogP contribution in [0.1, 0.15) is 0 Å². The lowest BCUT2D eigenvalue weighted by Gasteiger charge is -1.95. The molecule has 5 nitrogen and oxygen atoms in total. The second-order valence-electron chi connectivity index (χ2n) is 4.28. The highest BCUT2D eigenvalue weighted by Crippen LogP contribution is 2.23. The van der Waals surface area contributed by atoms with Gasteiger partial charge in [-0.05, 0) is 24.3 Å². The van der Waals surface area contributed by atoms with Gasteiger partial charge in [0.1, 0.15) is 5.01 Å². The van der Waals surface area contributed by atoms with Crippen LogP contribution in [0.25, 0.3) is 26.4 Å². The molecule has 0 aliphatic heterocycles. The first kappa shape index (κ1) is 11.2. The molecule has 0 radical (unpaired) electrons. The summed E-state index contributed by atoms with van der Waals surface area (Å²) in [4.78, 5) is 21.5. The number of benzene rings is 1. The van der Waals surface area contributed by atoms with Gasteiger partial charge in [-0.1, -0.05) is 23.5 Å². The highest BCUT2D eigenvalue weighted by atomic mass is 32.1. The number of pyridine rings is 1. The lowest BCUT2D eigenvalue weighted by Crippen LogP contribution is -2.14. The van der Waals surface area contributed by atoms with Crippen molar-refractivity contribution < 1.29 is 0 Å². The number of fused-ring (bicyclic) bond motifs is 2. The first-order chi connectivity index (χ1) is 9.83. The van der Waals surface area contributed by atoms with Gasteiger partial charge in [-0.2, -0.15) is 9.61 Å². The van der Waals surface area contributed by atoms with E-state index in [1.54, 1.807) is 18.5 Å². The lowest BCUT2D eigenvalue weighted by molar-refractivity contribution is 0.919. The predicted octanol–water partition coefficient (Wildman–Crippen LogP) is 2.37. The van der Waals surface area contributed by atoms with Gasteiger partial charge in [0, 0.05) is 18.0 Å². The van der Waals surface area contributed by atoms with E-state index in [0.717, 1.165) is 10.6 Å². The van der Waals surface area contributed by atoms with Crippen molar-refractivity contribution in [2.45, 2.75) is 0 Å². The van der Waals surface area contributed by atoms with Gasteiger partial charge in [-0.15, -0.1) is 0 Å². The third-order valence-corrected chi connectivity index (χ3v) is 3.97. The zero-order valence-corrected chi connectivity index (χ0v) is 11.0. The fraction of sp³-hybridized carbons (Fsp3) is 0. The molecule has 3 aromatic heterocycles. The van der Waals surface area contributed by atoms with Crippen LogP contribution in [0.2, 0.25) is 0 Å². The Labute approximate surface area is 117 Å². The SMILES string of the molecule is O=c1c2ccccc2nc2sc(-c3cccnc3)nn12. The molecule has 0 fully saturated rings. The summed E-state index contributed by atoms with van der Waals surface area (Å²) in [6.07, 6.45) is 3.43. The maximum absolute atomic E-state index is 12.4. The molecule has 0 saturated carbocycles. The summed E-state index contributed by atoms with van der Waals surface area (Å²) < 4.78 is 1.36. The van der Waals surface area contributed by atoms with Crippen molar-refractivity contribution >= 4 is 27.2 Å². The highest BCUT2D eigenvalue weighted by molar-refractivity contribution is 7.19. The van der Waals surface area contributed by atoms with Gasteiger partial charge in [0.05, 0.1) is 10.9 Å². The molecule has 96 valence electrons. The minimum atomic E-state index is -0.142. The van der Waals surface area contributed by atoms with Gasteiger partial charge < -0.3 is 0 Å². The molecule has 3 heterocycles. The van der Waals surface area contributed by atoms with Crippen molar-refractivity contribution in [3.63, 3.8) is 0 Å². The summed E-state index contributed by atoms with van der Waals surface area (Å²) in [5.74, 6) is 0. The zero-order chi connectivity index (χ0) is 13.5. The molecule has 0 bridgehead atoms. The fourth-order valence-corrected chi connectivity index (χ4v) is 2.95. The van der Waals surface area contributed by atoms with Crippen molar-refractivity contribution in [3.8, 4) is 10.6 Å². The molecular formula is C14H8N4OS. The normalized spacial score (nSPS) is 11.2. The third-order valence-electron chi connectivity index (χ3n) is 3.01. The summed E-state index contributed by atoms with van der Waals surface area (Å²) in [7, 11) is 0. The summed E-state index contributed by atoms with van der Waals surface area (Å²) >= 11 is 1.38. The fourth-order valence-electron chi connectivity index (χ4n) is 2.06. The van der Waals surface area contributed by atoms with Gasteiger partial charge in [0.2, 0.25) is 4.96 Å². The van der Waals surface area contributed by atoms with Crippen LogP contribution in [0.4, 0.5) is 0 Å². The molecule has 6 heteroatoms. The molecule has 20 heavy (non-hydrogen) atoms. The quantitative estimate of drug-likeness (QED) is 0.537. The Kier molecular flexibility index (Phi) is 2.37. The molecule has 0 aliphatic carbocycles. The van der Waals surface area contributed by atoms with Crippen LogP contribution in [0.15, 0.2) is 53.6 Å². The molecule has 0 atom stereocenters. The van der Waals surface area contributed by atoms with Gasteiger partial charge in [-0.3, -0.25) is 9.78 Å². The number of aromatic nitrogens is 4. The van der Waals surface area contributed by atoms with E-state index < -0.39 is 0 Å². The first-order valence-electron chi connectivity index (χ1n) is 6.02. The smallest absolute Gasteiger partial charge is 0.267 e. The molecule has 0 saturated heterocycles. The average molecular weight is 280 g/mol. The lowest BCUT2D eigenvalue weighted by atomic mass is 10.2. The minimum Gasteiger partial charge on any atom is -0.267 e. The number of hydrogen-bond acceptors (Lipinski definition) is 5.